The van der Waals surface area contributed by atoms with E-state index in [1.807, 2.05) is 49.7 Å². The Bertz CT molecular complexity index is 888. The number of amides is 2. The smallest absolute Gasteiger partial charge is 0.318 e. The van der Waals surface area contributed by atoms with Gasteiger partial charge < -0.3 is 15.2 Å². The highest BCUT2D eigenvalue weighted by Crippen LogP contribution is 2.23. The van der Waals surface area contributed by atoms with E-state index in [4.69, 9.17) is 0 Å². The molecule has 0 saturated carbocycles. The van der Waals surface area contributed by atoms with Gasteiger partial charge in [0.1, 0.15) is 5.82 Å². The van der Waals surface area contributed by atoms with E-state index in [2.05, 4.69) is 26.4 Å². The number of carbonyl (C=O) groups excluding carboxylic acids is 1. The number of para-hydroxylation sites is 2. The Morgan fingerprint density at radius 1 is 1.32 bits per heavy atom. The van der Waals surface area contributed by atoms with Crippen LogP contribution in [0.4, 0.5) is 4.79 Å². The molecule has 1 atom stereocenters. The Hall–Kier alpha value is -2.83. The number of hydrogen-bond donors (Lipinski definition) is 2. The molecule has 3 aromatic rings. The second-order valence-electron chi connectivity index (χ2n) is 6.74. The van der Waals surface area contributed by atoms with E-state index in [0.29, 0.717) is 13.1 Å². The van der Waals surface area contributed by atoms with Crippen molar-refractivity contribution < 1.29 is 4.79 Å². The molecule has 1 aliphatic heterocycles. The number of aromatic nitrogens is 4. The normalized spacial score (nSPS) is 16.0. The lowest BCUT2D eigenvalue weighted by molar-refractivity contribution is 0.115. The summed E-state index contributed by atoms with van der Waals surface area (Å²) in [5.74, 6) is 0.769. The van der Waals surface area contributed by atoms with Crippen LogP contribution in [0.3, 0.4) is 0 Å². The number of nitrogens with one attached hydrogen (secondary N) is 2. The molecule has 0 spiro atoms. The molecule has 3 heterocycles. The summed E-state index contributed by atoms with van der Waals surface area (Å²) in [5, 5.41) is 7.52. The molecule has 1 fully saturated rings. The Morgan fingerprint density at radius 3 is 2.76 bits per heavy atom. The van der Waals surface area contributed by atoms with Crippen LogP contribution in [-0.4, -0.2) is 43.8 Å². The number of aryl methyl sites for hydroxylation is 2. The SMILES string of the molecule is Cc1cc(C)n(C2CN(C(=O)N[C@H](C)c3nc4ccccc4[nH]3)C2)n1. The van der Waals surface area contributed by atoms with Crippen LogP contribution in [-0.2, 0) is 0 Å². The number of likely N-dealkylation sites (tertiary alicyclic amines) is 1. The van der Waals surface area contributed by atoms with E-state index in [1.54, 1.807) is 4.90 Å². The van der Waals surface area contributed by atoms with Crippen molar-refractivity contribution in [2.45, 2.75) is 32.9 Å². The van der Waals surface area contributed by atoms with Crippen LogP contribution in [0.25, 0.3) is 11.0 Å². The van der Waals surface area contributed by atoms with Gasteiger partial charge in [-0.25, -0.2) is 9.78 Å². The first kappa shape index (κ1) is 15.7. The van der Waals surface area contributed by atoms with Crippen LogP contribution >= 0.6 is 0 Å². The lowest BCUT2D eigenvalue weighted by Crippen LogP contribution is -2.55. The zero-order chi connectivity index (χ0) is 17.6. The standard InChI is InChI=1S/C18H22N6O/c1-11-8-12(2)24(22-11)14-9-23(10-14)18(25)19-13(3)17-20-15-6-4-5-7-16(15)21-17/h4-8,13-14H,9-10H2,1-3H3,(H,19,25)(H,20,21)/t13-/m1/s1. The van der Waals surface area contributed by atoms with Crippen molar-refractivity contribution in [2.24, 2.45) is 0 Å². The highest BCUT2D eigenvalue weighted by atomic mass is 16.2. The van der Waals surface area contributed by atoms with Crippen molar-refractivity contribution in [3.63, 3.8) is 0 Å². The van der Waals surface area contributed by atoms with Crippen molar-refractivity contribution in [1.29, 1.82) is 0 Å². The van der Waals surface area contributed by atoms with Crippen molar-refractivity contribution in [3.8, 4) is 0 Å². The molecule has 0 bridgehead atoms. The minimum atomic E-state index is -0.173. The summed E-state index contributed by atoms with van der Waals surface area (Å²) >= 11 is 0. The molecule has 0 aliphatic carbocycles. The molecule has 7 nitrogen and oxygen atoms in total. The molecule has 1 aromatic carbocycles. The van der Waals surface area contributed by atoms with Crippen LogP contribution in [0.15, 0.2) is 30.3 Å². The number of imidazole rings is 1. The van der Waals surface area contributed by atoms with E-state index in [1.165, 1.54) is 0 Å². The van der Waals surface area contributed by atoms with Crippen LogP contribution in [0.2, 0.25) is 0 Å². The van der Waals surface area contributed by atoms with Gasteiger partial charge in [0, 0.05) is 18.8 Å². The molecular weight excluding hydrogens is 316 g/mol. The molecule has 2 aromatic heterocycles. The largest absolute Gasteiger partial charge is 0.340 e. The molecule has 4 rings (SSSR count). The van der Waals surface area contributed by atoms with Gasteiger partial charge in [0.05, 0.1) is 28.8 Å². The number of aromatic amines is 1. The zero-order valence-electron chi connectivity index (χ0n) is 14.7. The van der Waals surface area contributed by atoms with Gasteiger partial charge in [-0.15, -0.1) is 0 Å². The van der Waals surface area contributed by atoms with Gasteiger partial charge >= 0.3 is 6.03 Å². The van der Waals surface area contributed by atoms with Gasteiger partial charge in [-0.3, -0.25) is 4.68 Å². The first-order valence-corrected chi connectivity index (χ1v) is 8.54. The summed E-state index contributed by atoms with van der Waals surface area (Å²) in [6.07, 6.45) is 0. The van der Waals surface area contributed by atoms with Gasteiger partial charge in [-0.2, -0.15) is 5.10 Å². The predicted molar refractivity (Wildman–Crippen MR) is 95.4 cm³/mol. The molecule has 130 valence electrons. The van der Waals surface area contributed by atoms with E-state index < -0.39 is 0 Å². The number of H-pyrrole nitrogens is 1. The fourth-order valence-corrected chi connectivity index (χ4v) is 3.31. The summed E-state index contributed by atoms with van der Waals surface area (Å²) in [4.78, 5) is 22.0. The number of rotatable bonds is 3. The van der Waals surface area contributed by atoms with Crippen LogP contribution in [0, 0.1) is 13.8 Å². The number of fused-ring (bicyclic) bond motifs is 1. The Balaban J connectivity index is 1.37. The van der Waals surface area contributed by atoms with E-state index in [-0.39, 0.29) is 18.1 Å². The number of carbonyl (C=O) groups is 1. The Kier molecular flexibility index (Phi) is 3.71. The number of nitrogens with zero attached hydrogens (tertiary/aromatic N) is 4. The Morgan fingerprint density at radius 2 is 2.08 bits per heavy atom. The second-order valence-corrected chi connectivity index (χ2v) is 6.74. The maximum atomic E-state index is 12.4. The Labute approximate surface area is 146 Å². The summed E-state index contributed by atoms with van der Waals surface area (Å²) in [7, 11) is 0. The molecule has 0 unspecified atom stereocenters. The molecule has 2 N–H and O–H groups in total. The van der Waals surface area contributed by atoms with Gasteiger partial charge in [0.25, 0.3) is 0 Å². The third-order valence-electron chi connectivity index (χ3n) is 4.70. The van der Waals surface area contributed by atoms with Crippen molar-refractivity contribution in [1.82, 2.24) is 30.0 Å². The first-order valence-electron chi connectivity index (χ1n) is 8.54. The van der Waals surface area contributed by atoms with Crippen LogP contribution in [0.5, 0.6) is 0 Å². The maximum absolute atomic E-state index is 12.4. The first-order chi connectivity index (χ1) is 12.0. The number of hydrogen-bond acceptors (Lipinski definition) is 3. The summed E-state index contributed by atoms with van der Waals surface area (Å²) in [6, 6.07) is 9.95. The van der Waals surface area contributed by atoms with E-state index >= 15 is 0 Å². The fraction of sp³-hybridized carbons (Fsp3) is 0.389. The average molecular weight is 338 g/mol. The molecule has 7 heteroatoms. The van der Waals surface area contributed by atoms with Gasteiger partial charge in [-0.05, 0) is 39.0 Å². The lowest BCUT2D eigenvalue weighted by Gasteiger charge is -2.40. The topological polar surface area (TPSA) is 78.8 Å². The summed E-state index contributed by atoms with van der Waals surface area (Å²) < 4.78 is 2.02. The maximum Gasteiger partial charge on any atom is 0.318 e. The predicted octanol–water partition coefficient (Wildman–Crippen LogP) is 2.70. The zero-order valence-corrected chi connectivity index (χ0v) is 14.7. The van der Waals surface area contributed by atoms with E-state index in [0.717, 1.165) is 28.2 Å². The fourth-order valence-electron chi connectivity index (χ4n) is 3.31. The third kappa shape index (κ3) is 2.86. The lowest BCUT2D eigenvalue weighted by atomic mass is 10.1. The minimum Gasteiger partial charge on any atom is -0.340 e. The second kappa shape index (κ2) is 5.91. The number of benzene rings is 1. The summed E-state index contributed by atoms with van der Waals surface area (Å²) in [6.45, 7) is 7.34. The average Bonchev–Trinajstić information content (AvgIpc) is 3.09. The molecule has 2 amide bonds. The third-order valence-corrected chi connectivity index (χ3v) is 4.70. The van der Waals surface area contributed by atoms with Crippen LogP contribution in [0.1, 0.15) is 36.2 Å². The van der Waals surface area contributed by atoms with Crippen LogP contribution < -0.4 is 5.32 Å². The molecular formula is C18H22N6O. The van der Waals surface area contributed by atoms with Crippen molar-refractivity contribution in [3.05, 3.63) is 47.5 Å². The highest BCUT2D eigenvalue weighted by Gasteiger charge is 2.34. The molecule has 25 heavy (non-hydrogen) atoms. The van der Waals surface area contributed by atoms with Crippen molar-refractivity contribution >= 4 is 17.1 Å². The quantitative estimate of drug-likeness (QED) is 0.771. The number of urea groups is 1. The molecule has 1 saturated heterocycles. The van der Waals surface area contributed by atoms with Gasteiger partial charge in [0.2, 0.25) is 0 Å². The molecule has 1 aliphatic rings. The summed E-state index contributed by atoms with van der Waals surface area (Å²) in [5.41, 5.74) is 4.04. The van der Waals surface area contributed by atoms with Gasteiger partial charge in [0.15, 0.2) is 0 Å². The highest BCUT2D eigenvalue weighted by molar-refractivity contribution is 5.77. The minimum absolute atomic E-state index is 0.0641. The van der Waals surface area contributed by atoms with E-state index in [9.17, 15) is 4.79 Å². The monoisotopic (exact) mass is 338 g/mol. The molecule has 0 radical (unpaired) electrons. The van der Waals surface area contributed by atoms with Crippen molar-refractivity contribution in [2.75, 3.05) is 13.1 Å². The van der Waals surface area contributed by atoms with Gasteiger partial charge in [-0.1, -0.05) is 12.1 Å².